The molecule has 1 fully saturated rings. The second-order valence-corrected chi connectivity index (χ2v) is 5.99. The third-order valence-electron chi connectivity index (χ3n) is 3.04. The second-order valence-electron chi connectivity index (χ2n) is 4.66. The van der Waals surface area contributed by atoms with Crippen LogP contribution in [0.15, 0.2) is 24.3 Å². The van der Waals surface area contributed by atoms with E-state index >= 15 is 0 Å². The molecule has 92 valence electrons. The summed E-state index contributed by atoms with van der Waals surface area (Å²) in [6.07, 6.45) is 2.31. The highest BCUT2D eigenvalue weighted by atomic mass is 32.2. The standard InChI is InChI=1S/C14H19NOS/c1-10-5-3-4-6-12(10)9-17-11(2)14(16)15-13-7-8-13/h3-6,11,13H,7-9H2,1-2H3,(H,15,16)/t11-/m1/s1. The first kappa shape index (κ1) is 12.5. The van der Waals surface area contributed by atoms with Gasteiger partial charge in [-0.2, -0.15) is 0 Å². The van der Waals surface area contributed by atoms with Crippen LogP contribution < -0.4 is 5.32 Å². The molecule has 0 aromatic heterocycles. The van der Waals surface area contributed by atoms with Gasteiger partial charge in [0.05, 0.1) is 5.25 Å². The highest BCUT2D eigenvalue weighted by Crippen LogP contribution is 2.23. The summed E-state index contributed by atoms with van der Waals surface area (Å²) in [6, 6.07) is 8.81. The number of carbonyl (C=O) groups excluding carboxylic acids is 1. The summed E-state index contributed by atoms with van der Waals surface area (Å²) in [5.41, 5.74) is 2.62. The Kier molecular flexibility index (Phi) is 4.11. The normalized spacial score (nSPS) is 16.6. The van der Waals surface area contributed by atoms with Gasteiger partial charge in [0.2, 0.25) is 5.91 Å². The molecule has 0 unspecified atom stereocenters. The van der Waals surface area contributed by atoms with Gasteiger partial charge in [0.15, 0.2) is 0 Å². The topological polar surface area (TPSA) is 29.1 Å². The molecule has 1 atom stereocenters. The average Bonchev–Trinajstić information content (AvgIpc) is 3.11. The van der Waals surface area contributed by atoms with Crippen LogP contribution in [0.1, 0.15) is 30.9 Å². The lowest BCUT2D eigenvalue weighted by molar-refractivity contribution is -0.120. The zero-order valence-electron chi connectivity index (χ0n) is 10.4. The predicted molar refractivity (Wildman–Crippen MR) is 73.1 cm³/mol. The maximum absolute atomic E-state index is 11.8. The molecule has 1 aromatic carbocycles. The van der Waals surface area contributed by atoms with E-state index in [4.69, 9.17) is 0 Å². The molecule has 0 radical (unpaired) electrons. The molecular formula is C14H19NOS. The summed E-state index contributed by atoms with van der Waals surface area (Å²) in [4.78, 5) is 11.8. The van der Waals surface area contributed by atoms with E-state index in [-0.39, 0.29) is 11.2 Å². The van der Waals surface area contributed by atoms with E-state index in [1.165, 1.54) is 11.1 Å². The number of nitrogens with one attached hydrogen (secondary N) is 1. The van der Waals surface area contributed by atoms with E-state index in [1.54, 1.807) is 11.8 Å². The minimum absolute atomic E-state index is 0.0372. The monoisotopic (exact) mass is 249 g/mol. The lowest BCUT2D eigenvalue weighted by Crippen LogP contribution is -2.32. The van der Waals surface area contributed by atoms with E-state index in [0.29, 0.717) is 6.04 Å². The summed E-state index contributed by atoms with van der Waals surface area (Å²) < 4.78 is 0. The van der Waals surface area contributed by atoms with Gasteiger partial charge in [-0.05, 0) is 37.8 Å². The van der Waals surface area contributed by atoms with E-state index in [0.717, 1.165) is 18.6 Å². The summed E-state index contributed by atoms with van der Waals surface area (Å²) in [6.45, 7) is 4.10. The first-order valence-corrected chi connectivity index (χ1v) is 7.18. The Labute approximate surface area is 107 Å². The molecule has 17 heavy (non-hydrogen) atoms. The van der Waals surface area contributed by atoms with Crippen LogP contribution in [0.3, 0.4) is 0 Å². The fourth-order valence-corrected chi connectivity index (χ4v) is 2.58. The smallest absolute Gasteiger partial charge is 0.233 e. The largest absolute Gasteiger partial charge is 0.352 e. The van der Waals surface area contributed by atoms with E-state index < -0.39 is 0 Å². The summed E-state index contributed by atoms with van der Waals surface area (Å²) in [5.74, 6) is 1.09. The Morgan fingerprint density at radius 1 is 1.47 bits per heavy atom. The molecule has 0 heterocycles. The lowest BCUT2D eigenvalue weighted by atomic mass is 10.1. The van der Waals surface area contributed by atoms with Crippen molar-refractivity contribution in [1.29, 1.82) is 0 Å². The van der Waals surface area contributed by atoms with Crippen molar-refractivity contribution in [3.63, 3.8) is 0 Å². The molecule has 0 bridgehead atoms. The number of amides is 1. The minimum Gasteiger partial charge on any atom is -0.352 e. The molecular weight excluding hydrogens is 230 g/mol. The average molecular weight is 249 g/mol. The number of aryl methyl sites for hydroxylation is 1. The van der Waals surface area contributed by atoms with Gasteiger partial charge in [-0.1, -0.05) is 24.3 Å². The van der Waals surface area contributed by atoms with Gasteiger partial charge >= 0.3 is 0 Å². The molecule has 2 nitrogen and oxygen atoms in total. The molecule has 1 aliphatic rings. The summed E-state index contributed by atoms with van der Waals surface area (Å²) in [5, 5.41) is 3.08. The molecule has 1 N–H and O–H groups in total. The maximum Gasteiger partial charge on any atom is 0.233 e. The van der Waals surface area contributed by atoms with E-state index in [2.05, 4.69) is 30.4 Å². The van der Waals surface area contributed by atoms with Crippen LogP contribution in [0.2, 0.25) is 0 Å². The lowest BCUT2D eigenvalue weighted by Gasteiger charge is -2.12. The van der Waals surface area contributed by atoms with Crippen molar-refractivity contribution < 1.29 is 4.79 Å². The Balaban J connectivity index is 1.80. The first-order chi connectivity index (χ1) is 8.16. The van der Waals surface area contributed by atoms with Gasteiger partial charge in [-0.25, -0.2) is 0 Å². The highest BCUT2D eigenvalue weighted by molar-refractivity contribution is 7.99. The van der Waals surface area contributed by atoms with Crippen molar-refractivity contribution >= 4 is 17.7 Å². The molecule has 1 aromatic rings. The van der Waals surface area contributed by atoms with Crippen LogP contribution >= 0.6 is 11.8 Å². The Hall–Kier alpha value is -0.960. The SMILES string of the molecule is Cc1ccccc1CS[C@H](C)C(=O)NC1CC1. The molecule has 0 spiro atoms. The van der Waals surface area contributed by atoms with Gasteiger partial charge in [-0.3, -0.25) is 4.79 Å². The molecule has 1 amide bonds. The van der Waals surface area contributed by atoms with Gasteiger partial charge in [0.25, 0.3) is 0 Å². The Bertz CT molecular complexity index is 401. The number of hydrogen-bond acceptors (Lipinski definition) is 2. The van der Waals surface area contributed by atoms with Gasteiger partial charge in [-0.15, -0.1) is 11.8 Å². The molecule has 2 rings (SSSR count). The molecule has 0 saturated heterocycles. The van der Waals surface area contributed by atoms with Crippen LogP contribution in [0.4, 0.5) is 0 Å². The molecule has 0 aliphatic heterocycles. The van der Waals surface area contributed by atoms with Crippen LogP contribution in [0.25, 0.3) is 0 Å². The van der Waals surface area contributed by atoms with Crippen molar-refractivity contribution in [1.82, 2.24) is 5.32 Å². The number of rotatable bonds is 5. The molecule has 1 aliphatic carbocycles. The number of benzene rings is 1. The second kappa shape index (κ2) is 5.58. The zero-order chi connectivity index (χ0) is 12.3. The van der Waals surface area contributed by atoms with Crippen molar-refractivity contribution in [3.8, 4) is 0 Å². The first-order valence-electron chi connectivity index (χ1n) is 6.13. The van der Waals surface area contributed by atoms with Crippen LogP contribution in [-0.2, 0) is 10.5 Å². The van der Waals surface area contributed by atoms with E-state index in [9.17, 15) is 4.79 Å². The molecule has 1 saturated carbocycles. The maximum atomic E-state index is 11.8. The zero-order valence-corrected chi connectivity index (χ0v) is 11.2. The van der Waals surface area contributed by atoms with Gasteiger partial charge in [0.1, 0.15) is 0 Å². The van der Waals surface area contributed by atoms with Crippen LogP contribution in [0, 0.1) is 6.92 Å². The quantitative estimate of drug-likeness (QED) is 0.869. The fourth-order valence-electron chi connectivity index (χ4n) is 1.61. The van der Waals surface area contributed by atoms with Crippen molar-refractivity contribution in [2.45, 2.75) is 43.7 Å². The number of hydrogen-bond donors (Lipinski definition) is 1. The minimum atomic E-state index is 0.0372. The van der Waals surface area contributed by atoms with Gasteiger partial charge in [0, 0.05) is 11.8 Å². The van der Waals surface area contributed by atoms with E-state index in [1.807, 2.05) is 13.0 Å². The molecule has 3 heteroatoms. The van der Waals surface area contributed by atoms with Crippen molar-refractivity contribution in [2.75, 3.05) is 0 Å². The predicted octanol–water partition coefficient (Wildman–Crippen LogP) is 2.90. The fraction of sp³-hybridized carbons (Fsp3) is 0.500. The van der Waals surface area contributed by atoms with Crippen LogP contribution in [-0.4, -0.2) is 17.2 Å². The third-order valence-corrected chi connectivity index (χ3v) is 4.23. The van der Waals surface area contributed by atoms with Crippen molar-refractivity contribution in [2.24, 2.45) is 0 Å². The van der Waals surface area contributed by atoms with Crippen molar-refractivity contribution in [3.05, 3.63) is 35.4 Å². The summed E-state index contributed by atoms with van der Waals surface area (Å²) >= 11 is 1.71. The Morgan fingerprint density at radius 2 is 2.18 bits per heavy atom. The van der Waals surface area contributed by atoms with Gasteiger partial charge < -0.3 is 5.32 Å². The van der Waals surface area contributed by atoms with Crippen LogP contribution in [0.5, 0.6) is 0 Å². The number of thioether (sulfide) groups is 1. The Morgan fingerprint density at radius 3 is 2.82 bits per heavy atom. The number of carbonyl (C=O) groups is 1. The highest BCUT2D eigenvalue weighted by Gasteiger charge is 2.25. The third kappa shape index (κ3) is 3.77. The summed E-state index contributed by atoms with van der Waals surface area (Å²) in [7, 11) is 0.